The van der Waals surface area contributed by atoms with Crippen molar-refractivity contribution in [3.63, 3.8) is 0 Å². The molecule has 0 radical (unpaired) electrons. The first-order valence-electron chi connectivity index (χ1n) is 7.00. The van der Waals surface area contributed by atoms with E-state index in [9.17, 15) is 9.59 Å². The number of rotatable bonds is 4. The standard InChI is InChI=1S/C14H21N3O4/c1-9-7-11(12(15-9)13(18)19)16-14(20)17(2)8-10-3-5-21-6-4-10/h7,10,15H,3-6,8H2,1-2H3,(H,16,20)(H,18,19). The topological polar surface area (TPSA) is 94.7 Å². The van der Waals surface area contributed by atoms with E-state index in [-0.39, 0.29) is 11.7 Å². The Bertz CT molecular complexity index is 520. The summed E-state index contributed by atoms with van der Waals surface area (Å²) in [4.78, 5) is 27.5. The number of aromatic nitrogens is 1. The first-order chi connectivity index (χ1) is 9.97. The van der Waals surface area contributed by atoms with Gasteiger partial charge in [0.2, 0.25) is 0 Å². The van der Waals surface area contributed by atoms with Crippen molar-refractivity contribution in [3.05, 3.63) is 17.5 Å². The molecular weight excluding hydrogens is 274 g/mol. The summed E-state index contributed by atoms with van der Waals surface area (Å²) in [7, 11) is 1.71. The van der Waals surface area contributed by atoms with E-state index in [1.165, 1.54) is 0 Å². The van der Waals surface area contributed by atoms with Crippen LogP contribution in [-0.4, -0.2) is 53.8 Å². The lowest BCUT2D eigenvalue weighted by molar-refractivity contribution is 0.0592. The summed E-state index contributed by atoms with van der Waals surface area (Å²) in [5.74, 6) is -0.660. The summed E-state index contributed by atoms with van der Waals surface area (Å²) in [6, 6.07) is 1.31. The van der Waals surface area contributed by atoms with Gasteiger partial charge in [0, 0.05) is 32.5 Å². The van der Waals surface area contributed by atoms with Gasteiger partial charge in [-0.2, -0.15) is 0 Å². The number of urea groups is 1. The number of nitrogens with zero attached hydrogens (tertiary/aromatic N) is 1. The van der Waals surface area contributed by atoms with Crippen LogP contribution in [0.4, 0.5) is 10.5 Å². The second-order valence-corrected chi connectivity index (χ2v) is 5.41. The van der Waals surface area contributed by atoms with E-state index in [0.717, 1.165) is 26.1 Å². The third kappa shape index (κ3) is 3.98. The predicted molar refractivity (Wildman–Crippen MR) is 77.7 cm³/mol. The van der Waals surface area contributed by atoms with Gasteiger partial charge < -0.3 is 25.0 Å². The molecule has 3 N–H and O–H groups in total. The second kappa shape index (κ2) is 6.62. The lowest BCUT2D eigenvalue weighted by atomic mass is 10.00. The van der Waals surface area contributed by atoms with Gasteiger partial charge in [-0.3, -0.25) is 0 Å². The Hall–Kier alpha value is -2.02. The third-order valence-electron chi connectivity index (χ3n) is 3.63. The van der Waals surface area contributed by atoms with Crippen molar-refractivity contribution in [2.24, 2.45) is 5.92 Å². The van der Waals surface area contributed by atoms with Gasteiger partial charge in [0.15, 0.2) is 0 Å². The minimum Gasteiger partial charge on any atom is -0.477 e. The van der Waals surface area contributed by atoms with Crippen LogP contribution in [0.1, 0.15) is 29.0 Å². The van der Waals surface area contributed by atoms with Crippen molar-refractivity contribution in [1.29, 1.82) is 0 Å². The summed E-state index contributed by atoms with van der Waals surface area (Å²) in [5.41, 5.74) is 0.985. The van der Waals surface area contributed by atoms with E-state index in [1.807, 2.05) is 0 Å². The zero-order valence-electron chi connectivity index (χ0n) is 12.3. The minimum atomic E-state index is -1.09. The van der Waals surface area contributed by atoms with Crippen molar-refractivity contribution >= 4 is 17.7 Å². The van der Waals surface area contributed by atoms with E-state index in [2.05, 4.69) is 10.3 Å². The average Bonchev–Trinajstić information content (AvgIpc) is 2.81. The lowest BCUT2D eigenvalue weighted by Gasteiger charge is -2.27. The van der Waals surface area contributed by atoms with Gasteiger partial charge in [-0.15, -0.1) is 0 Å². The molecule has 0 atom stereocenters. The molecule has 1 aromatic heterocycles. The van der Waals surface area contributed by atoms with Gasteiger partial charge in [0.1, 0.15) is 5.69 Å². The molecule has 1 aliphatic rings. The Morgan fingerprint density at radius 1 is 1.48 bits per heavy atom. The van der Waals surface area contributed by atoms with E-state index < -0.39 is 5.97 Å². The molecule has 7 heteroatoms. The molecule has 2 heterocycles. The average molecular weight is 295 g/mol. The summed E-state index contributed by atoms with van der Waals surface area (Å²) in [6.45, 7) is 3.86. The molecule has 2 amide bonds. The first-order valence-corrected chi connectivity index (χ1v) is 7.00. The van der Waals surface area contributed by atoms with Crippen LogP contribution >= 0.6 is 0 Å². The number of anilines is 1. The van der Waals surface area contributed by atoms with E-state index in [0.29, 0.717) is 23.8 Å². The number of hydrogen-bond donors (Lipinski definition) is 3. The van der Waals surface area contributed by atoms with Gasteiger partial charge >= 0.3 is 12.0 Å². The molecule has 1 saturated heterocycles. The van der Waals surface area contributed by atoms with Crippen molar-refractivity contribution in [2.75, 3.05) is 32.1 Å². The molecule has 1 aromatic rings. The highest BCUT2D eigenvalue weighted by atomic mass is 16.5. The first kappa shape index (κ1) is 15.4. The number of carboxylic acid groups (broad SMARTS) is 1. The highest BCUT2D eigenvalue weighted by molar-refractivity contribution is 5.99. The monoisotopic (exact) mass is 295 g/mol. The predicted octanol–water partition coefficient (Wildman–Crippen LogP) is 1.91. The van der Waals surface area contributed by atoms with Crippen molar-refractivity contribution in [2.45, 2.75) is 19.8 Å². The molecule has 0 aromatic carbocycles. The molecule has 0 saturated carbocycles. The zero-order chi connectivity index (χ0) is 15.4. The largest absolute Gasteiger partial charge is 0.477 e. The fraction of sp³-hybridized carbons (Fsp3) is 0.571. The minimum absolute atomic E-state index is 0.000293. The van der Waals surface area contributed by atoms with Crippen LogP contribution in [0.5, 0.6) is 0 Å². The molecule has 1 aliphatic heterocycles. The molecular formula is C14H21N3O4. The summed E-state index contributed by atoms with van der Waals surface area (Å²) in [5, 5.41) is 11.7. The number of carbonyl (C=O) groups excluding carboxylic acids is 1. The van der Waals surface area contributed by atoms with Gasteiger partial charge in [-0.05, 0) is 31.7 Å². The van der Waals surface area contributed by atoms with Crippen LogP contribution in [0, 0.1) is 12.8 Å². The number of aromatic amines is 1. The van der Waals surface area contributed by atoms with Crippen LogP contribution in [0.15, 0.2) is 6.07 Å². The maximum Gasteiger partial charge on any atom is 0.354 e. The third-order valence-corrected chi connectivity index (χ3v) is 3.63. The van der Waals surface area contributed by atoms with Crippen LogP contribution in [0.25, 0.3) is 0 Å². The Morgan fingerprint density at radius 3 is 2.76 bits per heavy atom. The maximum absolute atomic E-state index is 12.1. The highest BCUT2D eigenvalue weighted by Crippen LogP contribution is 2.19. The van der Waals surface area contributed by atoms with Gasteiger partial charge in [0.25, 0.3) is 0 Å². The molecule has 116 valence electrons. The number of ether oxygens (including phenoxy) is 1. The van der Waals surface area contributed by atoms with Gasteiger partial charge in [-0.25, -0.2) is 9.59 Å². The second-order valence-electron chi connectivity index (χ2n) is 5.41. The molecule has 7 nitrogen and oxygen atoms in total. The molecule has 1 fully saturated rings. The quantitative estimate of drug-likeness (QED) is 0.790. The molecule has 0 unspecified atom stereocenters. The van der Waals surface area contributed by atoms with E-state index in [4.69, 9.17) is 9.84 Å². The van der Waals surface area contributed by atoms with Gasteiger partial charge in [-0.1, -0.05) is 0 Å². The number of amides is 2. The summed E-state index contributed by atoms with van der Waals surface area (Å²) >= 11 is 0. The van der Waals surface area contributed by atoms with Gasteiger partial charge in [0.05, 0.1) is 5.69 Å². The summed E-state index contributed by atoms with van der Waals surface area (Å²) < 4.78 is 5.29. The zero-order valence-corrected chi connectivity index (χ0v) is 12.3. The number of carbonyl (C=O) groups is 2. The van der Waals surface area contributed by atoms with Crippen LogP contribution in [0.3, 0.4) is 0 Å². The van der Waals surface area contributed by atoms with Crippen LogP contribution < -0.4 is 5.32 Å². The fourth-order valence-corrected chi connectivity index (χ4v) is 2.47. The van der Waals surface area contributed by atoms with Crippen molar-refractivity contribution < 1.29 is 19.4 Å². The normalized spacial score (nSPS) is 15.7. The Kier molecular flexibility index (Phi) is 4.85. The Morgan fingerprint density at radius 2 is 2.14 bits per heavy atom. The smallest absolute Gasteiger partial charge is 0.354 e. The number of aromatic carboxylic acids is 1. The Balaban J connectivity index is 1.95. The SMILES string of the molecule is Cc1cc(NC(=O)N(C)CC2CCOCC2)c(C(=O)O)[nH]1. The Labute approximate surface area is 123 Å². The number of carboxylic acids is 1. The van der Waals surface area contributed by atoms with Crippen molar-refractivity contribution in [1.82, 2.24) is 9.88 Å². The van der Waals surface area contributed by atoms with E-state index in [1.54, 1.807) is 24.9 Å². The number of H-pyrrole nitrogens is 1. The maximum atomic E-state index is 12.1. The summed E-state index contributed by atoms with van der Waals surface area (Å²) in [6.07, 6.45) is 1.89. The molecule has 0 bridgehead atoms. The molecule has 21 heavy (non-hydrogen) atoms. The molecule has 0 aliphatic carbocycles. The lowest BCUT2D eigenvalue weighted by Crippen LogP contribution is -2.37. The number of hydrogen-bond acceptors (Lipinski definition) is 3. The number of aryl methyl sites for hydroxylation is 1. The number of nitrogens with one attached hydrogen (secondary N) is 2. The van der Waals surface area contributed by atoms with Crippen molar-refractivity contribution in [3.8, 4) is 0 Å². The molecule has 2 rings (SSSR count). The van der Waals surface area contributed by atoms with E-state index >= 15 is 0 Å². The molecule has 0 spiro atoms. The van der Waals surface area contributed by atoms with Crippen LogP contribution in [0.2, 0.25) is 0 Å². The van der Waals surface area contributed by atoms with Crippen LogP contribution in [-0.2, 0) is 4.74 Å². The highest BCUT2D eigenvalue weighted by Gasteiger charge is 2.21. The fourth-order valence-electron chi connectivity index (χ4n) is 2.47.